The van der Waals surface area contributed by atoms with E-state index in [2.05, 4.69) is 39.0 Å². The number of nitrogens with one attached hydrogen (secondary N) is 1. The summed E-state index contributed by atoms with van der Waals surface area (Å²) in [5.41, 5.74) is 2.45. The van der Waals surface area contributed by atoms with Crippen LogP contribution >= 0.6 is 0 Å². The van der Waals surface area contributed by atoms with Gasteiger partial charge in [0.1, 0.15) is 0 Å². The molecule has 0 radical (unpaired) electrons. The van der Waals surface area contributed by atoms with E-state index in [1.54, 1.807) is 6.20 Å². The van der Waals surface area contributed by atoms with Crippen molar-refractivity contribution in [3.8, 4) is 0 Å². The largest absolute Gasteiger partial charge is 0.295 e. The van der Waals surface area contributed by atoms with E-state index in [1.807, 2.05) is 16.8 Å². The lowest BCUT2D eigenvalue weighted by atomic mass is 10.1. The molecule has 0 saturated carbocycles. The van der Waals surface area contributed by atoms with Gasteiger partial charge in [-0.1, -0.05) is 30.3 Å². The molecule has 0 fully saturated rings. The summed E-state index contributed by atoms with van der Waals surface area (Å²) in [6.07, 6.45) is 3.96. The Balaban J connectivity index is 1.65. The normalized spacial score (nSPS) is 18.7. The number of hydrogen-bond donors (Lipinski definition) is 1. The van der Waals surface area contributed by atoms with Crippen molar-refractivity contribution in [2.75, 3.05) is 25.9 Å². The van der Waals surface area contributed by atoms with Crippen molar-refractivity contribution in [3.05, 3.63) is 53.9 Å². The molecule has 7 heteroatoms. The number of rotatable bonds is 6. The van der Waals surface area contributed by atoms with E-state index in [0.29, 0.717) is 6.54 Å². The molecule has 0 saturated heterocycles. The average molecular weight is 334 g/mol. The van der Waals surface area contributed by atoms with E-state index >= 15 is 0 Å². The van der Waals surface area contributed by atoms with Gasteiger partial charge in [0.2, 0.25) is 10.0 Å². The first-order valence-corrected chi connectivity index (χ1v) is 9.64. The van der Waals surface area contributed by atoms with Crippen molar-refractivity contribution in [2.45, 2.75) is 19.0 Å². The van der Waals surface area contributed by atoms with Crippen molar-refractivity contribution in [1.82, 2.24) is 19.4 Å². The highest BCUT2D eigenvalue weighted by atomic mass is 32.2. The molecule has 1 N–H and O–H groups in total. The number of benzene rings is 1. The molecule has 0 amide bonds. The third kappa shape index (κ3) is 4.40. The predicted molar refractivity (Wildman–Crippen MR) is 89.5 cm³/mol. The van der Waals surface area contributed by atoms with Crippen LogP contribution in [0.15, 0.2) is 42.6 Å². The van der Waals surface area contributed by atoms with Gasteiger partial charge in [-0.25, -0.2) is 13.1 Å². The summed E-state index contributed by atoms with van der Waals surface area (Å²) in [4.78, 5) is 2.36. The maximum atomic E-state index is 11.4. The molecule has 23 heavy (non-hydrogen) atoms. The van der Waals surface area contributed by atoms with Crippen LogP contribution in [0, 0.1) is 0 Å². The molecule has 0 unspecified atom stereocenters. The van der Waals surface area contributed by atoms with E-state index in [1.165, 1.54) is 11.8 Å². The summed E-state index contributed by atoms with van der Waals surface area (Å²) in [5, 5.41) is 4.35. The van der Waals surface area contributed by atoms with Crippen LogP contribution in [-0.2, 0) is 23.0 Å². The van der Waals surface area contributed by atoms with Gasteiger partial charge in [0.15, 0.2) is 0 Å². The number of fused-ring (bicyclic) bond motifs is 1. The van der Waals surface area contributed by atoms with Gasteiger partial charge in [-0.3, -0.25) is 9.58 Å². The zero-order valence-corrected chi connectivity index (χ0v) is 14.0. The van der Waals surface area contributed by atoms with Gasteiger partial charge in [-0.15, -0.1) is 0 Å². The summed E-state index contributed by atoms with van der Waals surface area (Å²) < 4.78 is 27.3. The average Bonchev–Trinajstić information content (AvgIpc) is 2.99. The standard InChI is InChI=1S/C16H22N4O2S/c1-23(21,22)18-11-16-13-19(12-15-7-9-17-20(15)16)10-8-14-5-3-2-4-6-14/h2-7,9,16,18H,8,10-13H2,1H3/t16-/m0/s1. The first kappa shape index (κ1) is 16.2. The summed E-state index contributed by atoms with van der Waals surface area (Å²) in [7, 11) is -3.19. The highest BCUT2D eigenvalue weighted by molar-refractivity contribution is 7.88. The Kier molecular flexibility index (Phi) is 4.79. The molecule has 1 atom stereocenters. The van der Waals surface area contributed by atoms with Crippen molar-refractivity contribution in [2.24, 2.45) is 0 Å². The molecule has 1 aromatic carbocycles. The Bertz CT molecular complexity index is 742. The van der Waals surface area contributed by atoms with E-state index < -0.39 is 10.0 Å². The second kappa shape index (κ2) is 6.82. The fourth-order valence-corrected chi connectivity index (χ4v) is 3.46. The smallest absolute Gasteiger partial charge is 0.208 e. The molecule has 0 bridgehead atoms. The van der Waals surface area contributed by atoms with Gasteiger partial charge >= 0.3 is 0 Å². The minimum Gasteiger partial charge on any atom is -0.295 e. The monoisotopic (exact) mass is 334 g/mol. The minimum atomic E-state index is -3.19. The van der Waals surface area contributed by atoms with Crippen molar-refractivity contribution in [3.63, 3.8) is 0 Å². The molecular formula is C16H22N4O2S. The molecule has 0 aliphatic carbocycles. The van der Waals surface area contributed by atoms with E-state index in [4.69, 9.17) is 0 Å². The lowest BCUT2D eigenvalue weighted by Gasteiger charge is -2.34. The predicted octanol–water partition coefficient (Wildman–Crippen LogP) is 1.03. The second-order valence-electron chi connectivity index (χ2n) is 6.01. The van der Waals surface area contributed by atoms with Gasteiger partial charge in [0, 0.05) is 32.4 Å². The first-order chi connectivity index (χ1) is 11.0. The Morgan fingerprint density at radius 3 is 2.78 bits per heavy atom. The van der Waals surface area contributed by atoms with Crippen LogP contribution in [0.5, 0.6) is 0 Å². The van der Waals surface area contributed by atoms with E-state index in [0.717, 1.165) is 31.7 Å². The molecule has 124 valence electrons. The van der Waals surface area contributed by atoms with Gasteiger partial charge < -0.3 is 0 Å². The zero-order chi connectivity index (χ0) is 16.3. The number of sulfonamides is 1. The topological polar surface area (TPSA) is 67.2 Å². The van der Waals surface area contributed by atoms with Crippen LogP contribution in [-0.4, -0.2) is 49.0 Å². The van der Waals surface area contributed by atoms with Crippen LogP contribution in [0.3, 0.4) is 0 Å². The van der Waals surface area contributed by atoms with Crippen LogP contribution in [0.1, 0.15) is 17.3 Å². The van der Waals surface area contributed by atoms with Crippen molar-refractivity contribution >= 4 is 10.0 Å². The Hall–Kier alpha value is -1.70. The van der Waals surface area contributed by atoms with Gasteiger partial charge in [0.05, 0.1) is 18.0 Å². The highest BCUT2D eigenvalue weighted by Gasteiger charge is 2.25. The summed E-state index contributed by atoms with van der Waals surface area (Å²) in [6, 6.07) is 12.4. The number of hydrogen-bond acceptors (Lipinski definition) is 4. The lowest BCUT2D eigenvalue weighted by molar-refractivity contribution is 0.177. The van der Waals surface area contributed by atoms with Crippen LogP contribution in [0.2, 0.25) is 0 Å². The maximum absolute atomic E-state index is 11.4. The first-order valence-electron chi connectivity index (χ1n) is 7.74. The van der Waals surface area contributed by atoms with Crippen LogP contribution in [0.4, 0.5) is 0 Å². The molecule has 1 aromatic heterocycles. The SMILES string of the molecule is CS(=O)(=O)NC[C@H]1CN(CCc2ccccc2)Cc2ccnn21. The van der Waals surface area contributed by atoms with Crippen LogP contribution < -0.4 is 4.72 Å². The molecule has 2 aromatic rings. The Morgan fingerprint density at radius 2 is 2.04 bits per heavy atom. The quantitative estimate of drug-likeness (QED) is 0.857. The molecule has 6 nitrogen and oxygen atoms in total. The summed E-state index contributed by atoms with van der Waals surface area (Å²) in [6.45, 7) is 2.96. The van der Waals surface area contributed by atoms with Crippen LogP contribution in [0.25, 0.3) is 0 Å². The molecular weight excluding hydrogens is 312 g/mol. The van der Waals surface area contributed by atoms with Crippen molar-refractivity contribution < 1.29 is 8.42 Å². The van der Waals surface area contributed by atoms with Gasteiger partial charge in [-0.2, -0.15) is 5.10 Å². The van der Waals surface area contributed by atoms with E-state index in [9.17, 15) is 8.42 Å². The Morgan fingerprint density at radius 1 is 1.26 bits per heavy atom. The van der Waals surface area contributed by atoms with E-state index in [-0.39, 0.29) is 6.04 Å². The fraction of sp³-hybridized carbons (Fsp3) is 0.438. The van der Waals surface area contributed by atoms with Gasteiger partial charge in [-0.05, 0) is 18.1 Å². The number of nitrogens with zero attached hydrogens (tertiary/aromatic N) is 3. The lowest BCUT2D eigenvalue weighted by Crippen LogP contribution is -2.43. The summed E-state index contributed by atoms with van der Waals surface area (Å²) in [5.74, 6) is 0. The second-order valence-corrected chi connectivity index (χ2v) is 7.85. The number of aromatic nitrogens is 2. The van der Waals surface area contributed by atoms with Crippen molar-refractivity contribution in [1.29, 1.82) is 0 Å². The summed E-state index contributed by atoms with van der Waals surface area (Å²) >= 11 is 0. The highest BCUT2D eigenvalue weighted by Crippen LogP contribution is 2.20. The molecule has 2 heterocycles. The molecule has 3 rings (SSSR count). The maximum Gasteiger partial charge on any atom is 0.208 e. The third-order valence-electron chi connectivity index (χ3n) is 4.09. The molecule has 0 spiro atoms. The minimum absolute atomic E-state index is 0.0271. The van der Waals surface area contributed by atoms with Gasteiger partial charge in [0.25, 0.3) is 0 Å². The molecule has 1 aliphatic heterocycles. The fourth-order valence-electron chi connectivity index (χ4n) is 2.97. The molecule has 1 aliphatic rings. The zero-order valence-electron chi connectivity index (χ0n) is 13.2. The Labute approximate surface area is 137 Å². The third-order valence-corrected chi connectivity index (χ3v) is 4.78.